The van der Waals surface area contributed by atoms with Crippen LogP contribution in [0.15, 0.2) is 24.3 Å². The van der Waals surface area contributed by atoms with Gasteiger partial charge in [0.1, 0.15) is 0 Å². The monoisotopic (exact) mass is 276 g/mol. The lowest BCUT2D eigenvalue weighted by atomic mass is 9.85. The molecule has 1 aliphatic rings. The minimum Gasteiger partial charge on any atom is -0.388 e. The van der Waals surface area contributed by atoms with Crippen LogP contribution in [0.4, 0.5) is 0 Å². The van der Waals surface area contributed by atoms with E-state index in [0.29, 0.717) is 19.5 Å². The average molecular weight is 276 g/mol. The SMILES string of the molecule is NCc1ccccc1CC(=O)NCC1(O)CCCCC1. The highest BCUT2D eigenvalue weighted by Gasteiger charge is 2.29. The summed E-state index contributed by atoms with van der Waals surface area (Å²) in [6.45, 7) is 0.796. The number of benzene rings is 1. The molecule has 110 valence electrons. The Morgan fingerprint density at radius 3 is 2.50 bits per heavy atom. The van der Waals surface area contributed by atoms with Gasteiger partial charge in [0.15, 0.2) is 0 Å². The molecule has 0 bridgehead atoms. The Labute approximate surface area is 120 Å². The van der Waals surface area contributed by atoms with E-state index < -0.39 is 5.60 Å². The smallest absolute Gasteiger partial charge is 0.224 e. The normalized spacial score (nSPS) is 17.7. The average Bonchev–Trinajstić information content (AvgIpc) is 2.47. The van der Waals surface area contributed by atoms with Crippen molar-refractivity contribution < 1.29 is 9.90 Å². The van der Waals surface area contributed by atoms with Crippen LogP contribution in [-0.2, 0) is 17.8 Å². The van der Waals surface area contributed by atoms with Crippen LogP contribution >= 0.6 is 0 Å². The van der Waals surface area contributed by atoms with E-state index >= 15 is 0 Å². The molecule has 1 amide bonds. The second-order valence-corrected chi connectivity index (χ2v) is 5.71. The van der Waals surface area contributed by atoms with Crippen molar-refractivity contribution in [2.45, 2.75) is 50.7 Å². The van der Waals surface area contributed by atoms with Crippen LogP contribution in [0.3, 0.4) is 0 Å². The highest BCUT2D eigenvalue weighted by molar-refractivity contribution is 5.79. The maximum atomic E-state index is 12.0. The summed E-state index contributed by atoms with van der Waals surface area (Å²) >= 11 is 0. The minimum atomic E-state index is -0.707. The van der Waals surface area contributed by atoms with Gasteiger partial charge in [0.2, 0.25) is 5.91 Å². The molecule has 0 atom stereocenters. The Morgan fingerprint density at radius 2 is 1.85 bits per heavy atom. The van der Waals surface area contributed by atoms with Crippen molar-refractivity contribution in [2.75, 3.05) is 6.54 Å². The lowest BCUT2D eigenvalue weighted by molar-refractivity contribution is -0.122. The van der Waals surface area contributed by atoms with Gasteiger partial charge in [-0.05, 0) is 24.0 Å². The summed E-state index contributed by atoms with van der Waals surface area (Å²) in [5.74, 6) is -0.0510. The van der Waals surface area contributed by atoms with Crippen molar-refractivity contribution >= 4 is 5.91 Å². The number of hydrogen-bond donors (Lipinski definition) is 3. The molecule has 1 aromatic rings. The molecule has 1 fully saturated rings. The number of nitrogens with two attached hydrogens (primary N) is 1. The van der Waals surface area contributed by atoms with Crippen LogP contribution in [0.1, 0.15) is 43.2 Å². The van der Waals surface area contributed by atoms with Gasteiger partial charge in [-0.15, -0.1) is 0 Å². The molecule has 0 saturated heterocycles. The summed E-state index contributed by atoms with van der Waals surface area (Å²) < 4.78 is 0. The zero-order chi connectivity index (χ0) is 14.4. The van der Waals surface area contributed by atoms with Gasteiger partial charge in [-0.2, -0.15) is 0 Å². The number of aliphatic hydroxyl groups is 1. The van der Waals surface area contributed by atoms with E-state index in [9.17, 15) is 9.90 Å². The summed E-state index contributed by atoms with van der Waals surface area (Å²) in [5, 5.41) is 13.2. The molecule has 0 unspecified atom stereocenters. The van der Waals surface area contributed by atoms with Crippen molar-refractivity contribution in [1.29, 1.82) is 0 Å². The van der Waals surface area contributed by atoms with Gasteiger partial charge in [-0.1, -0.05) is 43.5 Å². The molecule has 0 heterocycles. The van der Waals surface area contributed by atoms with Crippen molar-refractivity contribution in [3.8, 4) is 0 Å². The number of amides is 1. The molecule has 1 saturated carbocycles. The molecular weight excluding hydrogens is 252 g/mol. The second-order valence-electron chi connectivity index (χ2n) is 5.71. The number of nitrogens with one attached hydrogen (secondary N) is 1. The van der Waals surface area contributed by atoms with Gasteiger partial charge >= 0.3 is 0 Å². The lowest BCUT2D eigenvalue weighted by Crippen LogP contribution is -2.44. The van der Waals surface area contributed by atoms with Crippen LogP contribution in [0.5, 0.6) is 0 Å². The predicted octanol–water partition coefficient (Wildman–Crippen LogP) is 1.50. The number of carbonyl (C=O) groups is 1. The molecular formula is C16H24N2O2. The highest BCUT2D eigenvalue weighted by atomic mass is 16.3. The van der Waals surface area contributed by atoms with E-state index in [0.717, 1.165) is 36.8 Å². The maximum Gasteiger partial charge on any atom is 0.224 e. The fourth-order valence-electron chi connectivity index (χ4n) is 2.81. The molecule has 4 heteroatoms. The molecule has 4 nitrogen and oxygen atoms in total. The van der Waals surface area contributed by atoms with Gasteiger partial charge in [0.25, 0.3) is 0 Å². The van der Waals surface area contributed by atoms with E-state index in [-0.39, 0.29) is 5.91 Å². The summed E-state index contributed by atoms with van der Waals surface area (Å²) in [6, 6.07) is 7.71. The third-order valence-electron chi connectivity index (χ3n) is 4.09. The first kappa shape index (κ1) is 15.0. The molecule has 20 heavy (non-hydrogen) atoms. The third-order valence-corrected chi connectivity index (χ3v) is 4.09. The Kier molecular flexibility index (Phi) is 5.15. The quantitative estimate of drug-likeness (QED) is 0.763. The Hall–Kier alpha value is -1.39. The topological polar surface area (TPSA) is 75.4 Å². The molecule has 2 rings (SSSR count). The molecule has 1 aliphatic carbocycles. The third kappa shape index (κ3) is 4.05. The zero-order valence-electron chi connectivity index (χ0n) is 11.9. The standard InChI is InChI=1S/C16H24N2O2/c17-11-14-7-3-2-6-13(14)10-15(19)18-12-16(20)8-4-1-5-9-16/h2-3,6-7,20H,1,4-5,8-12,17H2,(H,18,19). The van der Waals surface area contributed by atoms with Crippen LogP contribution in [-0.4, -0.2) is 23.2 Å². The van der Waals surface area contributed by atoms with Crippen LogP contribution in [0, 0.1) is 0 Å². The predicted molar refractivity (Wildman–Crippen MR) is 79.1 cm³/mol. The van der Waals surface area contributed by atoms with Crippen LogP contribution < -0.4 is 11.1 Å². The number of rotatable bonds is 5. The summed E-state index contributed by atoms with van der Waals surface area (Å²) in [5.41, 5.74) is 6.92. The Morgan fingerprint density at radius 1 is 1.20 bits per heavy atom. The fraction of sp³-hybridized carbons (Fsp3) is 0.562. The molecule has 0 aromatic heterocycles. The summed E-state index contributed by atoms with van der Waals surface area (Å²) in [4.78, 5) is 12.0. The summed E-state index contributed by atoms with van der Waals surface area (Å²) in [7, 11) is 0. The van der Waals surface area contributed by atoms with E-state index in [4.69, 9.17) is 5.73 Å². The molecule has 1 aromatic carbocycles. The lowest BCUT2D eigenvalue weighted by Gasteiger charge is -2.32. The first-order valence-electron chi connectivity index (χ1n) is 7.39. The van der Waals surface area contributed by atoms with Crippen LogP contribution in [0.2, 0.25) is 0 Å². The van der Waals surface area contributed by atoms with Gasteiger partial charge in [-0.3, -0.25) is 4.79 Å². The second kappa shape index (κ2) is 6.86. The molecule has 0 spiro atoms. The van der Waals surface area contributed by atoms with Gasteiger partial charge in [0.05, 0.1) is 12.0 Å². The highest BCUT2D eigenvalue weighted by Crippen LogP contribution is 2.27. The molecule has 0 radical (unpaired) electrons. The van der Waals surface area contributed by atoms with Crippen molar-refractivity contribution in [1.82, 2.24) is 5.32 Å². The van der Waals surface area contributed by atoms with Crippen molar-refractivity contribution in [2.24, 2.45) is 5.73 Å². The number of carbonyl (C=O) groups excluding carboxylic acids is 1. The Bertz CT molecular complexity index is 454. The van der Waals surface area contributed by atoms with Crippen molar-refractivity contribution in [3.05, 3.63) is 35.4 Å². The zero-order valence-corrected chi connectivity index (χ0v) is 11.9. The van der Waals surface area contributed by atoms with E-state index in [1.165, 1.54) is 6.42 Å². The van der Waals surface area contributed by atoms with Gasteiger partial charge < -0.3 is 16.2 Å². The van der Waals surface area contributed by atoms with E-state index in [2.05, 4.69) is 5.32 Å². The van der Waals surface area contributed by atoms with E-state index in [1.807, 2.05) is 24.3 Å². The van der Waals surface area contributed by atoms with Gasteiger partial charge in [0, 0.05) is 13.1 Å². The van der Waals surface area contributed by atoms with Gasteiger partial charge in [-0.25, -0.2) is 0 Å². The fourth-order valence-corrected chi connectivity index (χ4v) is 2.81. The largest absolute Gasteiger partial charge is 0.388 e. The first-order chi connectivity index (χ1) is 9.63. The maximum absolute atomic E-state index is 12.0. The summed E-state index contributed by atoms with van der Waals surface area (Å²) in [6.07, 6.45) is 5.16. The minimum absolute atomic E-state index is 0.0510. The Balaban J connectivity index is 1.86. The first-order valence-corrected chi connectivity index (χ1v) is 7.39. The van der Waals surface area contributed by atoms with Crippen molar-refractivity contribution in [3.63, 3.8) is 0 Å². The molecule has 0 aliphatic heterocycles. The van der Waals surface area contributed by atoms with E-state index in [1.54, 1.807) is 0 Å². The molecule has 4 N–H and O–H groups in total. The number of hydrogen-bond acceptors (Lipinski definition) is 3. The van der Waals surface area contributed by atoms with Crippen LogP contribution in [0.25, 0.3) is 0 Å².